The molecular weight excluding hydrogens is 226 g/mol. The number of nitrogens with one attached hydrogen (secondary N) is 1. The highest BCUT2D eigenvalue weighted by Crippen LogP contribution is 2.28. The van der Waals surface area contributed by atoms with Gasteiger partial charge in [-0.25, -0.2) is 0 Å². The molecule has 2 fully saturated rings. The van der Waals surface area contributed by atoms with Gasteiger partial charge in [0.15, 0.2) is 0 Å². The summed E-state index contributed by atoms with van der Waals surface area (Å²) < 4.78 is 8.02. The minimum atomic E-state index is 0.424. The van der Waals surface area contributed by atoms with E-state index in [0.29, 0.717) is 30.8 Å². The highest BCUT2D eigenvalue weighted by Gasteiger charge is 2.33. The zero-order valence-electron chi connectivity index (χ0n) is 11.3. The maximum absolute atomic E-state index is 6.03. The Hall–Kier alpha value is -0.870. The van der Waals surface area contributed by atoms with E-state index in [1.165, 1.54) is 25.7 Å². The molecule has 1 aromatic heterocycles. The Morgan fingerprint density at radius 1 is 1.39 bits per heavy atom. The topological polar surface area (TPSA) is 39.1 Å². The smallest absolute Gasteiger partial charge is 0.0910 e. The molecule has 0 saturated carbocycles. The van der Waals surface area contributed by atoms with Gasteiger partial charge in [-0.2, -0.15) is 5.10 Å². The minimum Gasteiger partial charge on any atom is -0.372 e. The van der Waals surface area contributed by atoms with E-state index >= 15 is 0 Å². The molecule has 0 radical (unpaired) electrons. The van der Waals surface area contributed by atoms with Crippen LogP contribution in [-0.4, -0.2) is 28.0 Å². The van der Waals surface area contributed by atoms with Crippen molar-refractivity contribution in [1.29, 1.82) is 0 Å². The first kappa shape index (κ1) is 12.2. The summed E-state index contributed by atoms with van der Waals surface area (Å²) in [6.07, 6.45) is 7.45. The molecule has 3 rings (SSSR count). The van der Waals surface area contributed by atoms with Crippen molar-refractivity contribution in [2.75, 3.05) is 0 Å². The number of ether oxygens (including phenoxy) is 1. The van der Waals surface area contributed by atoms with Gasteiger partial charge in [-0.3, -0.25) is 4.68 Å². The summed E-state index contributed by atoms with van der Waals surface area (Å²) in [6.45, 7) is 4.94. The lowest BCUT2D eigenvalue weighted by atomic mass is 10.0. The largest absolute Gasteiger partial charge is 0.372 e. The van der Waals surface area contributed by atoms with E-state index in [-0.39, 0.29) is 0 Å². The van der Waals surface area contributed by atoms with Gasteiger partial charge in [0.2, 0.25) is 0 Å². The van der Waals surface area contributed by atoms with Crippen molar-refractivity contribution in [2.45, 2.75) is 70.4 Å². The molecule has 0 aliphatic carbocycles. The highest BCUT2D eigenvalue weighted by atomic mass is 16.5. The summed E-state index contributed by atoms with van der Waals surface area (Å²) in [5.74, 6) is 0. The molecule has 1 N–H and O–H groups in total. The van der Waals surface area contributed by atoms with Crippen molar-refractivity contribution in [3.63, 3.8) is 0 Å². The second kappa shape index (κ2) is 5.02. The molecule has 2 aliphatic heterocycles. The summed E-state index contributed by atoms with van der Waals surface area (Å²) in [7, 11) is 0. The predicted molar refractivity (Wildman–Crippen MR) is 70.4 cm³/mol. The molecule has 0 amide bonds. The average molecular weight is 249 g/mol. The Bertz CT molecular complexity index is 389. The number of fused-ring (bicyclic) bond motifs is 2. The monoisotopic (exact) mass is 249 g/mol. The van der Waals surface area contributed by atoms with Crippen LogP contribution in [0.3, 0.4) is 0 Å². The SMILES string of the molecule is CC(C)n1ccc(COC2CC3CCC(C2)N3)n1. The van der Waals surface area contributed by atoms with Crippen molar-refractivity contribution in [3.8, 4) is 0 Å². The van der Waals surface area contributed by atoms with Crippen LogP contribution in [-0.2, 0) is 11.3 Å². The van der Waals surface area contributed by atoms with Crippen LogP contribution in [0.2, 0.25) is 0 Å². The molecule has 100 valence electrons. The molecule has 0 spiro atoms. The third-order valence-electron chi connectivity index (χ3n) is 4.09. The van der Waals surface area contributed by atoms with Gasteiger partial charge in [-0.1, -0.05) is 0 Å². The van der Waals surface area contributed by atoms with Crippen molar-refractivity contribution >= 4 is 0 Å². The first-order valence-corrected chi connectivity index (χ1v) is 7.12. The van der Waals surface area contributed by atoms with Crippen LogP contribution in [0.4, 0.5) is 0 Å². The van der Waals surface area contributed by atoms with E-state index in [0.717, 1.165) is 5.69 Å². The minimum absolute atomic E-state index is 0.424. The molecule has 2 aliphatic rings. The average Bonchev–Trinajstić information content (AvgIpc) is 2.94. The molecule has 2 unspecified atom stereocenters. The highest BCUT2D eigenvalue weighted by molar-refractivity contribution is 4.98. The van der Waals surface area contributed by atoms with Crippen LogP contribution in [0.5, 0.6) is 0 Å². The maximum Gasteiger partial charge on any atom is 0.0910 e. The first-order chi connectivity index (χ1) is 8.70. The molecule has 2 bridgehead atoms. The lowest BCUT2D eigenvalue weighted by molar-refractivity contribution is 0.00742. The molecule has 2 atom stereocenters. The van der Waals surface area contributed by atoms with E-state index in [1.807, 2.05) is 10.9 Å². The Balaban J connectivity index is 1.51. The summed E-state index contributed by atoms with van der Waals surface area (Å²) >= 11 is 0. The van der Waals surface area contributed by atoms with Crippen LogP contribution in [0.15, 0.2) is 12.3 Å². The number of aromatic nitrogens is 2. The fraction of sp³-hybridized carbons (Fsp3) is 0.786. The van der Waals surface area contributed by atoms with Gasteiger partial charge >= 0.3 is 0 Å². The third-order valence-corrected chi connectivity index (χ3v) is 4.09. The molecule has 1 aromatic rings. The maximum atomic E-state index is 6.03. The normalized spacial score (nSPS) is 31.2. The molecule has 18 heavy (non-hydrogen) atoms. The fourth-order valence-electron chi connectivity index (χ4n) is 3.09. The van der Waals surface area contributed by atoms with Crippen molar-refractivity contribution in [2.24, 2.45) is 0 Å². The van der Waals surface area contributed by atoms with Gasteiger partial charge in [0.1, 0.15) is 0 Å². The predicted octanol–water partition coefficient (Wildman–Crippen LogP) is 2.26. The molecular formula is C14H23N3O. The van der Waals surface area contributed by atoms with E-state index in [1.54, 1.807) is 0 Å². The second-order valence-electron chi connectivity index (χ2n) is 5.92. The standard InChI is InChI=1S/C14H23N3O/c1-10(2)17-6-5-13(16-17)9-18-14-7-11-3-4-12(8-14)15-11/h5-6,10-12,14-15H,3-4,7-9H2,1-2H3. The van der Waals surface area contributed by atoms with Crippen LogP contribution in [0.1, 0.15) is 51.3 Å². The van der Waals surface area contributed by atoms with Crippen molar-refractivity contribution in [1.82, 2.24) is 15.1 Å². The van der Waals surface area contributed by atoms with Gasteiger partial charge in [0.25, 0.3) is 0 Å². The van der Waals surface area contributed by atoms with Gasteiger partial charge in [0, 0.05) is 24.3 Å². The van der Waals surface area contributed by atoms with Crippen molar-refractivity contribution in [3.05, 3.63) is 18.0 Å². The Labute approximate surface area is 109 Å². The van der Waals surface area contributed by atoms with Crippen molar-refractivity contribution < 1.29 is 4.74 Å². The lowest BCUT2D eigenvalue weighted by Gasteiger charge is -2.28. The van der Waals surface area contributed by atoms with Gasteiger partial charge in [-0.15, -0.1) is 0 Å². The molecule has 4 heteroatoms. The zero-order chi connectivity index (χ0) is 12.5. The summed E-state index contributed by atoms with van der Waals surface area (Å²) in [6, 6.07) is 3.88. The number of piperidine rings is 1. The Morgan fingerprint density at radius 3 is 2.72 bits per heavy atom. The molecule has 4 nitrogen and oxygen atoms in total. The van der Waals surface area contributed by atoms with Gasteiger partial charge in [-0.05, 0) is 45.6 Å². The van der Waals surface area contributed by atoms with Gasteiger partial charge < -0.3 is 10.1 Å². The number of nitrogens with zero attached hydrogens (tertiary/aromatic N) is 2. The zero-order valence-corrected chi connectivity index (χ0v) is 11.3. The van der Waals surface area contributed by atoms with E-state index in [4.69, 9.17) is 4.74 Å². The lowest BCUT2D eigenvalue weighted by Crippen LogP contribution is -2.41. The molecule has 0 aromatic carbocycles. The Kier molecular flexibility index (Phi) is 3.39. The number of rotatable bonds is 4. The third kappa shape index (κ3) is 2.59. The summed E-state index contributed by atoms with van der Waals surface area (Å²) in [5.41, 5.74) is 1.05. The number of hydrogen-bond donors (Lipinski definition) is 1. The van der Waals surface area contributed by atoms with Crippen LogP contribution < -0.4 is 5.32 Å². The molecule has 3 heterocycles. The summed E-state index contributed by atoms with van der Waals surface area (Å²) in [4.78, 5) is 0. The van der Waals surface area contributed by atoms with Gasteiger partial charge in [0.05, 0.1) is 18.4 Å². The first-order valence-electron chi connectivity index (χ1n) is 7.12. The number of hydrogen-bond acceptors (Lipinski definition) is 3. The molecule has 2 saturated heterocycles. The Morgan fingerprint density at radius 2 is 2.11 bits per heavy atom. The van der Waals surface area contributed by atoms with E-state index in [2.05, 4.69) is 30.3 Å². The van der Waals surface area contributed by atoms with Crippen LogP contribution in [0, 0.1) is 0 Å². The second-order valence-corrected chi connectivity index (χ2v) is 5.92. The summed E-state index contributed by atoms with van der Waals surface area (Å²) in [5, 5.41) is 8.16. The fourth-order valence-corrected chi connectivity index (χ4v) is 3.09. The van der Waals surface area contributed by atoms with E-state index < -0.39 is 0 Å². The van der Waals surface area contributed by atoms with Crippen LogP contribution in [0.25, 0.3) is 0 Å². The quantitative estimate of drug-likeness (QED) is 0.889. The van der Waals surface area contributed by atoms with E-state index in [9.17, 15) is 0 Å². The van der Waals surface area contributed by atoms with Crippen LogP contribution >= 0.6 is 0 Å².